The van der Waals surface area contributed by atoms with Crippen molar-refractivity contribution in [1.29, 1.82) is 0 Å². The molecular weight excluding hydrogens is 336 g/mol. The highest BCUT2D eigenvalue weighted by Crippen LogP contribution is 2.28. The Hall–Kier alpha value is -2.73. The minimum absolute atomic E-state index is 0.0286. The summed E-state index contributed by atoms with van der Waals surface area (Å²) in [7, 11) is 5.57. The number of pyridine rings is 1. The molecule has 6 heteroatoms. The quantitative estimate of drug-likeness (QED) is 0.716. The maximum atomic E-state index is 14.2. The third-order valence-corrected chi connectivity index (χ3v) is 4.40. The van der Waals surface area contributed by atoms with Crippen molar-refractivity contribution in [2.24, 2.45) is 0 Å². The van der Waals surface area contributed by atoms with E-state index in [2.05, 4.69) is 15.2 Å². The number of ether oxygens (including phenoxy) is 1. The standard InChI is InChI=1S/C20H21F2N3O/c1-25(2)18(13-4-6-14(26-3)7-5-13)12-24-17-10-11-23-20-16(22)9-8-15(21)19(17)20/h4-11,18H,12H2,1-3H3,(H,23,24). The van der Waals surface area contributed by atoms with E-state index in [1.54, 1.807) is 13.2 Å². The smallest absolute Gasteiger partial charge is 0.149 e. The van der Waals surface area contributed by atoms with E-state index in [1.165, 1.54) is 6.20 Å². The Morgan fingerprint density at radius 3 is 2.38 bits per heavy atom. The first-order chi connectivity index (χ1) is 12.5. The third-order valence-electron chi connectivity index (χ3n) is 4.40. The van der Waals surface area contributed by atoms with Crippen molar-refractivity contribution in [2.45, 2.75) is 6.04 Å². The summed E-state index contributed by atoms with van der Waals surface area (Å²) < 4.78 is 33.4. The van der Waals surface area contributed by atoms with E-state index >= 15 is 0 Å². The molecule has 1 aromatic heterocycles. The first kappa shape index (κ1) is 18.1. The molecule has 0 saturated heterocycles. The number of nitrogens with one attached hydrogen (secondary N) is 1. The van der Waals surface area contributed by atoms with Crippen LogP contribution in [0.5, 0.6) is 5.75 Å². The van der Waals surface area contributed by atoms with Crippen molar-refractivity contribution in [3.05, 3.63) is 65.9 Å². The van der Waals surface area contributed by atoms with E-state index in [1.807, 2.05) is 38.4 Å². The minimum atomic E-state index is -0.538. The van der Waals surface area contributed by atoms with Gasteiger partial charge in [-0.15, -0.1) is 0 Å². The summed E-state index contributed by atoms with van der Waals surface area (Å²) in [5, 5.41) is 3.41. The summed E-state index contributed by atoms with van der Waals surface area (Å²) in [6, 6.07) is 11.7. The summed E-state index contributed by atoms with van der Waals surface area (Å²) >= 11 is 0. The lowest BCUT2D eigenvalue weighted by Gasteiger charge is -2.26. The number of hydrogen-bond donors (Lipinski definition) is 1. The van der Waals surface area contributed by atoms with Gasteiger partial charge in [0.25, 0.3) is 0 Å². The number of benzene rings is 2. The molecule has 3 aromatic rings. The topological polar surface area (TPSA) is 37.4 Å². The number of nitrogens with zero attached hydrogens (tertiary/aromatic N) is 2. The molecule has 4 nitrogen and oxygen atoms in total. The Balaban J connectivity index is 1.88. The normalized spacial score (nSPS) is 12.4. The molecule has 0 saturated carbocycles. The van der Waals surface area contributed by atoms with E-state index in [0.717, 1.165) is 23.4 Å². The molecule has 0 aliphatic heterocycles. The summed E-state index contributed by atoms with van der Waals surface area (Å²) in [5.41, 5.74) is 1.64. The molecule has 0 spiro atoms. The van der Waals surface area contributed by atoms with Crippen molar-refractivity contribution >= 4 is 16.6 Å². The van der Waals surface area contributed by atoms with Crippen LogP contribution in [0.2, 0.25) is 0 Å². The Morgan fingerprint density at radius 1 is 1.04 bits per heavy atom. The maximum Gasteiger partial charge on any atom is 0.149 e. The molecule has 1 atom stereocenters. The van der Waals surface area contributed by atoms with Gasteiger partial charge >= 0.3 is 0 Å². The average Bonchev–Trinajstić information content (AvgIpc) is 2.65. The van der Waals surface area contributed by atoms with Crippen molar-refractivity contribution < 1.29 is 13.5 Å². The minimum Gasteiger partial charge on any atom is -0.497 e. The molecule has 3 rings (SSSR count). The Labute approximate surface area is 151 Å². The van der Waals surface area contributed by atoms with Crippen molar-refractivity contribution in [3.8, 4) is 5.75 Å². The van der Waals surface area contributed by atoms with Crippen LogP contribution >= 0.6 is 0 Å². The van der Waals surface area contributed by atoms with Crippen molar-refractivity contribution in [2.75, 3.05) is 33.1 Å². The highest BCUT2D eigenvalue weighted by Gasteiger charge is 2.16. The first-order valence-corrected chi connectivity index (χ1v) is 8.28. The van der Waals surface area contributed by atoms with Gasteiger partial charge in [0.2, 0.25) is 0 Å². The highest BCUT2D eigenvalue weighted by molar-refractivity contribution is 5.91. The Kier molecular flexibility index (Phi) is 5.32. The molecule has 26 heavy (non-hydrogen) atoms. The van der Waals surface area contributed by atoms with E-state index in [-0.39, 0.29) is 16.9 Å². The van der Waals surface area contributed by atoms with Crippen LogP contribution in [0, 0.1) is 11.6 Å². The number of rotatable bonds is 6. The molecule has 0 bridgehead atoms. The summed E-state index contributed by atoms with van der Waals surface area (Å²) in [6.45, 7) is 0.522. The molecule has 0 aliphatic carbocycles. The second-order valence-electron chi connectivity index (χ2n) is 6.24. The number of aromatic nitrogens is 1. The van der Waals surface area contributed by atoms with Gasteiger partial charge < -0.3 is 15.0 Å². The van der Waals surface area contributed by atoms with Crippen molar-refractivity contribution in [3.63, 3.8) is 0 Å². The van der Waals surface area contributed by atoms with E-state index in [0.29, 0.717) is 12.2 Å². The zero-order valence-electron chi connectivity index (χ0n) is 15.0. The lowest BCUT2D eigenvalue weighted by molar-refractivity contribution is 0.311. The third kappa shape index (κ3) is 3.60. The van der Waals surface area contributed by atoms with Crippen LogP contribution in [0.1, 0.15) is 11.6 Å². The van der Waals surface area contributed by atoms with Crippen LogP contribution in [-0.4, -0.2) is 37.6 Å². The monoisotopic (exact) mass is 357 g/mol. The largest absolute Gasteiger partial charge is 0.497 e. The lowest BCUT2D eigenvalue weighted by Crippen LogP contribution is -2.27. The average molecular weight is 357 g/mol. The predicted molar refractivity (Wildman–Crippen MR) is 99.6 cm³/mol. The van der Waals surface area contributed by atoms with Crippen molar-refractivity contribution in [1.82, 2.24) is 9.88 Å². The number of anilines is 1. The van der Waals surface area contributed by atoms with E-state index in [4.69, 9.17) is 4.74 Å². The molecule has 1 heterocycles. The van der Waals surface area contributed by atoms with Crippen LogP contribution in [0.3, 0.4) is 0 Å². The molecule has 2 aromatic carbocycles. The maximum absolute atomic E-state index is 14.2. The van der Waals surface area contributed by atoms with Gasteiger partial charge in [0.1, 0.15) is 22.9 Å². The molecule has 1 unspecified atom stereocenters. The fourth-order valence-electron chi connectivity index (χ4n) is 2.97. The second-order valence-corrected chi connectivity index (χ2v) is 6.24. The summed E-state index contributed by atoms with van der Waals surface area (Å²) in [5.74, 6) is -0.246. The molecule has 1 N–H and O–H groups in total. The van der Waals surface area contributed by atoms with Gasteiger partial charge in [-0.05, 0) is 50.0 Å². The SMILES string of the molecule is COc1ccc(C(CNc2ccnc3c(F)ccc(F)c23)N(C)C)cc1. The molecule has 136 valence electrons. The van der Waals surface area contributed by atoms with Gasteiger partial charge in [0.15, 0.2) is 0 Å². The van der Waals surface area contributed by atoms with Crippen LogP contribution in [-0.2, 0) is 0 Å². The predicted octanol–water partition coefficient (Wildman–Crippen LogP) is 4.24. The number of hydrogen-bond acceptors (Lipinski definition) is 4. The number of likely N-dealkylation sites (N-methyl/N-ethyl adjacent to an activating group) is 1. The summed E-state index contributed by atoms with van der Waals surface area (Å²) in [6.07, 6.45) is 1.48. The van der Waals surface area contributed by atoms with Gasteiger partial charge in [-0.25, -0.2) is 8.78 Å². The molecule has 0 radical (unpaired) electrons. The second kappa shape index (κ2) is 7.66. The van der Waals surface area contributed by atoms with Crippen LogP contribution in [0.4, 0.5) is 14.5 Å². The van der Waals surface area contributed by atoms with Gasteiger partial charge in [0.05, 0.1) is 18.5 Å². The van der Waals surface area contributed by atoms with E-state index in [9.17, 15) is 8.78 Å². The first-order valence-electron chi connectivity index (χ1n) is 8.28. The number of fused-ring (bicyclic) bond motifs is 1. The fraction of sp³-hybridized carbons (Fsp3) is 0.250. The Bertz CT molecular complexity index is 897. The zero-order chi connectivity index (χ0) is 18.7. The van der Waals surface area contributed by atoms with Gasteiger partial charge in [-0.3, -0.25) is 4.98 Å². The zero-order valence-corrected chi connectivity index (χ0v) is 15.0. The molecule has 0 fully saturated rings. The Morgan fingerprint density at radius 2 is 1.73 bits per heavy atom. The molecule has 0 aliphatic rings. The number of methoxy groups -OCH3 is 1. The van der Waals surface area contributed by atoms with Crippen LogP contribution in [0.15, 0.2) is 48.7 Å². The highest BCUT2D eigenvalue weighted by atomic mass is 19.1. The van der Waals surface area contributed by atoms with Gasteiger partial charge in [-0.2, -0.15) is 0 Å². The van der Waals surface area contributed by atoms with Gasteiger partial charge in [0, 0.05) is 18.4 Å². The van der Waals surface area contributed by atoms with Gasteiger partial charge in [-0.1, -0.05) is 12.1 Å². The van der Waals surface area contributed by atoms with E-state index < -0.39 is 11.6 Å². The fourth-order valence-corrected chi connectivity index (χ4v) is 2.97. The van der Waals surface area contributed by atoms with Crippen LogP contribution < -0.4 is 10.1 Å². The lowest BCUT2D eigenvalue weighted by atomic mass is 10.1. The molecule has 0 amide bonds. The summed E-state index contributed by atoms with van der Waals surface area (Å²) in [4.78, 5) is 6.03. The number of halogens is 2. The molecular formula is C20H21F2N3O. The van der Waals surface area contributed by atoms with Crippen LogP contribution in [0.25, 0.3) is 10.9 Å².